The Morgan fingerprint density at radius 1 is 1.00 bits per heavy atom. The molecule has 0 spiro atoms. The number of carboxylic acids is 1. The highest BCUT2D eigenvalue weighted by molar-refractivity contribution is 5.93. The molecule has 3 rings (SSSR count). The minimum absolute atomic E-state index is 0.0327. The third kappa shape index (κ3) is 2.31. The number of hydrogen-bond acceptors (Lipinski definition) is 3. The van der Waals surface area contributed by atoms with Crippen molar-refractivity contribution in [2.75, 3.05) is 0 Å². The molecule has 0 radical (unpaired) electrons. The molecular weight excluding hydrogens is 254 g/mol. The van der Waals surface area contributed by atoms with Crippen LogP contribution in [0.1, 0.15) is 10.5 Å². The summed E-state index contributed by atoms with van der Waals surface area (Å²) in [6.45, 7) is 0. The van der Waals surface area contributed by atoms with Crippen LogP contribution in [0.4, 0.5) is 0 Å². The highest BCUT2D eigenvalue weighted by atomic mass is 16.5. The topological polar surface area (TPSA) is 59.4 Å². The molecule has 0 aliphatic rings. The van der Waals surface area contributed by atoms with Gasteiger partial charge in [0.15, 0.2) is 5.69 Å². The van der Waals surface area contributed by atoms with Gasteiger partial charge in [-0.1, -0.05) is 30.3 Å². The first-order chi connectivity index (χ1) is 9.74. The van der Waals surface area contributed by atoms with E-state index in [0.717, 1.165) is 5.39 Å². The summed E-state index contributed by atoms with van der Waals surface area (Å²) in [6.07, 6.45) is 0. The van der Waals surface area contributed by atoms with Gasteiger partial charge in [0.05, 0.1) is 5.52 Å². The second-order valence-electron chi connectivity index (χ2n) is 4.24. The van der Waals surface area contributed by atoms with Crippen molar-refractivity contribution in [2.24, 2.45) is 0 Å². The number of aromatic nitrogens is 1. The lowest BCUT2D eigenvalue weighted by Crippen LogP contribution is -2.01. The van der Waals surface area contributed by atoms with Crippen LogP contribution in [0.5, 0.6) is 11.5 Å². The molecule has 0 unspecified atom stereocenters. The number of rotatable bonds is 3. The molecule has 20 heavy (non-hydrogen) atoms. The van der Waals surface area contributed by atoms with Crippen molar-refractivity contribution in [2.45, 2.75) is 0 Å². The van der Waals surface area contributed by atoms with Crippen LogP contribution in [0, 0.1) is 0 Å². The first-order valence-corrected chi connectivity index (χ1v) is 6.10. The van der Waals surface area contributed by atoms with Crippen LogP contribution in [0.2, 0.25) is 0 Å². The zero-order chi connectivity index (χ0) is 13.9. The van der Waals surface area contributed by atoms with Gasteiger partial charge in [-0.05, 0) is 24.3 Å². The average molecular weight is 265 g/mol. The van der Waals surface area contributed by atoms with E-state index in [9.17, 15) is 4.79 Å². The van der Waals surface area contributed by atoms with E-state index in [0.29, 0.717) is 17.0 Å². The molecule has 0 amide bonds. The van der Waals surface area contributed by atoms with Gasteiger partial charge in [-0.2, -0.15) is 0 Å². The Hall–Kier alpha value is -2.88. The van der Waals surface area contributed by atoms with Crippen molar-refractivity contribution < 1.29 is 14.6 Å². The number of carbonyl (C=O) groups is 1. The summed E-state index contributed by atoms with van der Waals surface area (Å²) < 4.78 is 5.78. The van der Waals surface area contributed by atoms with Crippen molar-refractivity contribution in [3.63, 3.8) is 0 Å². The van der Waals surface area contributed by atoms with Gasteiger partial charge in [0.25, 0.3) is 0 Å². The van der Waals surface area contributed by atoms with Crippen molar-refractivity contribution in [3.05, 3.63) is 66.4 Å². The smallest absolute Gasteiger partial charge is 0.354 e. The maximum absolute atomic E-state index is 11.1. The zero-order valence-corrected chi connectivity index (χ0v) is 10.5. The third-order valence-corrected chi connectivity index (χ3v) is 2.87. The molecule has 98 valence electrons. The Labute approximate surface area is 115 Å². The summed E-state index contributed by atoms with van der Waals surface area (Å²) in [6, 6.07) is 18.0. The van der Waals surface area contributed by atoms with Crippen LogP contribution in [0.3, 0.4) is 0 Å². The molecule has 1 heterocycles. The summed E-state index contributed by atoms with van der Waals surface area (Å²) >= 11 is 0. The van der Waals surface area contributed by atoms with E-state index >= 15 is 0 Å². The van der Waals surface area contributed by atoms with Gasteiger partial charge in [-0.3, -0.25) is 0 Å². The first kappa shape index (κ1) is 12.2. The van der Waals surface area contributed by atoms with Crippen molar-refractivity contribution in [1.82, 2.24) is 4.98 Å². The van der Waals surface area contributed by atoms with Crippen molar-refractivity contribution in [1.29, 1.82) is 0 Å². The van der Waals surface area contributed by atoms with E-state index in [2.05, 4.69) is 4.98 Å². The Bertz CT molecular complexity index is 769. The number of aromatic carboxylic acids is 1. The fourth-order valence-electron chi connectivity index (χ4n) is 1.95. The zero-order valence-electron chi connectivity index (χ0n) is 10.5. The summed E-state index contributed by atoms with van der Waals surface area (Å²) in [5.74, 6) is 0.0630. The lowest BCUT2D eigenvalue weighted by molar-refractivity contribution is 0.0690. The van der Waals surface area contributed by atoms with E-state index in [1.54, 1.807) is 6.07 Å². The number of hydrogen-bond donors (Lipinski definition) is 1. The van der Waals surface area contributed by atoms with E-state index in [4.69, 9.17) is 9.84 Å². The molecule has 1 aromatic heterocycles. The Morgan fingerprint density at radius 3 is 2.45 bits per heavy atom. The maximum Gasteiger partial charge on any atom is 0.354 e. The molecule has 2 aromatic carbocycles. The first-order valence-electron chi connectivity index (χ1n) is 6.10. The van der Waals surface area contributed by atoms with E-state index in [-0.39, 0.29) is 5.69 Å². The maximum atomic E-state index is 11.1. The van der Waals surface area contributed by atoms with Gasteiger partial charge in [-0.15, -0.1) is 0 Å². The van der Waals surface area contributed by atoms with E-state index in [1.807, 2.05) is 48.5 Å². The lowest BCUT2D eigenvalue weighted by Gasteiger charge is -2.09. The number of ether oxygens (including phenoxy) is 1. The Kier molecular flexibility index (Phi) is 3.05. The summed E-state index contributed by atoms with van der Waals surface area (Å²) in [7, 11) is 0. The van der Waals surface area contributed by atoms with Crippen molar-refractivity contribution in [3.8, 4) is 11.5 Å². The molecular formula is C16H11NO3. The van der Waals surface area contributed by atoms with Gasteiger partial charge < -0.3 is 9.84 Å². The number of pyridine rings is 1. The monoisotopic (exact) mass is 265 g/mol. The standard InChI is InChI=1S/C16H11NO3/c18-16(19)14-10-15(20-11-6-2-1-3-7-11)12-8-4-5-9-13(12)17-14/h1-10H,(H,18,19). The van der Waals surface area contributed by atoms with Gasteiger partial charge in [0, 0.05) is 11.5 Å². The molecule has 0 bridgehead atoms. The summed E-state index contributed by atoms with van der Waals surface area (Å²) in [5.41, 5.74) is 0.563. The fraction of sp³-hybridized carbons (Fsp3) is 0. The number of para-hydroxylation sites is 2. The minimum Gasteiger partial charge on any atom is -0.477 e. The minimum atomic E-state index is -1.08. The number of fused-ring (bicyclic) bond motifs is 1. The Morgan fingerprint density at radius 2 is 1.70 bits per heavy atom. The van der Waals surface area contributed by atoms with Crippen molar-refractivity contribution >= 4 is 16.9 Å². The molecule has 0 atom stereocenters. The second-order valence-corrected chi connectivity index (χ2v) is 4.24. The molecule has 4 nitrogen and oxygen atoms in total. The quantitative estimate of drug-likeness (QED) is 0.784. The van der Waals surface area contributed by atoms with Crippen LogP contribution < -0.4 is 4.74 Å². The molecule has 0 fully saturated rings. The second kappa shape index (κ2) is 5.01. The van der Waals surface area contributed by atoms with Crippen LogP contribution in [0.25, 0.3) is 10.9 Å². The molecule has 3 aromatic rings. The number of carboxylic acid groups (broad SMARTS) is 1. The molecule has 0 aliphatic carbocycles. The third-order valence-electron chi connectivity index (χ3n) is 2.87. The SMILES string of the molecule is O=C(O)c1cc(Oc2ccccc2)c2ccccc2n1. The highest BCUT2D eigenvalue weighted by Crippen LogP contribution is 2.29. The van der Waals surface area contributed by atoms with Gasteiger partial charge in [-0.25, -0.2) is 9.78 Å². The number of benzene rings is 2. The van der Waals surface area contributed by atoms with Crippen LogP contribution in [0.15, 0.2) is 60.7 Å². The van der Waals surface area contributed by atoms with Crippen LogP contribution in [-0.2, 0) is 0 Å². The highest BCUT2D eigenvalue weighted by Gasteiger charge is 2.12. The van der Waals surface area contributed by atoms with Gasteiger partial charge >= 0.3 is 5.97 Å². The molecule has 0 aliphatic heterocycles. The fourth-order valence-corrected chi connectivity index (χ4v) is 1.95. The van der Waals surface area contributed by atoms with Crippen LogP contribution in [-0.4, -0.2) is 16.1 Å². The predicted octanol–water partition coefficient (Wildman–Crippen LogP) is 3.73. The molecule has 0 saturated carbocycles. The largest absolute Gasteiger partial charge is 0.477 e. The Balaban J connectivity index is 2.15. The number of nitrogens with zero attached hydrogens (tertiary/aromatic N) is 1. The molecule has 0 saturated heterocycles. The molecule has 1 N–H and O–H groups in total. The normalized spacial score (nSPS) is 10.4. The van der Waals surface area contributed by atoms with E-state index in [1.165, 1.54) is 6.07 Å². The summed E-state index contributed by atoms with van der Waals surface area (Å²) in [4.78, 5) is 15.2. The van der Waals surface area contributed by atoms with Gasteiger partial charge in [0.1, 0.15) is 11.5 Å². The average Bonchev–Trinajstić information content (AvgIpc) is 2.48. The van der Waals surface area contributed by atoms with Crippen LogP contribution >= 0.6 is 0 Å². The van der Waals surface area contributed by atoms with E-state index < -0.39 is 5.97 Å². The predicted molar refractivity (Wildman–Crippen MR) is 75.2 cm³/mol. The summed E-state index contributed by atoms with van der Waals surface area (Å²) in [5, 5.41) is 9.90. The van der Waals surface area contributed by atoms with Gasteiger partial charge in [0.2, 0.25) is 0 Å². The lowest BCUT2D eigenvalue weighted by atomic mass is 10.2. The molecule has 4 heteroatoms.